The van der Waals surface area contributed by atoms with Gasteiger partial charge in [-0.15, -0.1) is 11.3 Å². The van der Waals surface area contributed by atoms with E-state index in [1.54, 1.807) is 0 Å². The summed E-state index contributed by atoms with van der Waals surface area (Å²) < 4.78 is 2.59. The molecule has 0 saturated heterocycles. The van der Waals surface area contributed by atoms with Crippen molar-refractivity contribution in [2.75, 3.05) is 4.90 Å². The Bertz CT molecular complexity index is 2920. The van der Waals surface area contributed by atoms with E-state index in [0.29, 0.717) is 0 Å². The Morgan fingerprint density at radius 2 is 0.759 bits per heavy atom. The molecule has 1 nitrogen and oxygen atoms in total. The first-order chi connectivity index (χ1) is 26.7. The second kappa shape index (κ2) is 13.7. The zero-order chi connectivity index (χ0) is 35.8. The molecule has 9 aromatic carbocycles. The van der Waals surface area contributed by atoms with Crippen molar-refractivity contribution in [3.8, 4) is 44.5 Å². The van der Waals surface area contributed by atoms with E-state index in [0.717, 1.165) is 11.4 Å². The summed E-state index contributed by atoms with van der Waals surface area (Å²) in [5.74, 6) is 0. The number of hydrogen-bond donors (Lipinski definition) is 0. The molecule has 1 aromatic heterocycles. The van der Waals surface area contributed by atoms with Gasteiger partial charge >= 0.3 is 0 Å². The van der Waals surface area contributed by atoms with Gasteiger partial charge < -0.3 is 4.90 Å². The minimum absolute atomic E-state index is 1.12. The van der Waals surface area contributed by atoms with Gasteiger partial charge in [0, 0.05) is 26.8 Å². The summed E-state index contributed by atoms with van der Waals surface area (Å²) in [6.45, 7) is 0. The third-order valence-electron chi connectivity index (χ3n) is 10.5. The topological polar surface area (TPSA) is 3.24 Å². The summed E-state index contributed by atoms with van der Waals surface area (Å²) >= 11 is 1.86. The van der Waals surface area contributed by atoms with Crippen molar-refractivity contribution in [1.29, 1.82) is 0 Å². The summed E-state index contributed by atoms with van der Waals surface area (Å²) in [7, 11) is 0. The van der Waals surface area contributed by atoms with Gasteiger partial charge in [-0.1, -0.05) is 158 Å². The SMILES string of the molecule is c1ccc(-c2ccc(N(c3ccc(-c4cccc(-c5cccc(-c6ccc7ccccc7c6)c5)c4)cc3)c3cccc4c3sc3ccccc34)cc2)cc1. The standard InChI is InChI=1S/C52H35NS/c1-2-11-36(12-3-1)38-25-29-46(30-26-38)53(50-21-10-20-49-48-19-6-7-22-51(48)54-52(49)50)47-31-27-39(28-32-47)41-15-8-16-42(33-41)43-17-9-18-44(35-43)45-24-23-37-13-4-5-14-40(37)34-45/h1-35H. The predicted octanol–water partition coefficient (Wildman–Crippen LogP) is 15.3. The van der Waals surface area contributed by atoms with Crippen molar-refractivity contribution in [2.24, 2.45) is 0 Å². The van der Waals surface area contributed by atoms with Gasteiger partial charge in [0.1, 0.15) is 0 Å². The first-order valence-electron chi connectivity index (χ1n) is 18.4. The van der Waals surface area contributed by atoms with Crippen LogP contribution in [0.25, 0.3) is 75.5 Å². The molecule has 254 valence electrons. The molecule has 10 rings (SSSR count). The molecule has 0 atom stereocenters. The van der Waals surface area contributed by atoms with E-state index in [1.807, 2.05) is 11.3 Å². The number of nitrogens with zero attached hydrogens (tertiary/aromatic N) is 1. The Kier molecular flexibility index (Phi) is 8.09. The number of rotatable bonds is 7. The van der Waals surface area contributed by atoms with Gasteiger partial charge in [0.2, 0.25) is 0 Å². The maximum Gasteiger partial charge on any atom is 0.0640 e. The molecule has 0 aliphatic heterocycles. The Morgan fingerprint density at radius 1 is 0.296 bits per heavy atom. The lowest BCUT2D eigenvalue weighted by molar-refractivity contribution is 1.30. The van der Waals surface area contributed by atoms with Crippen LogP contribution in [-0.2, 0) is 0 Å². The second-order valence-corrected chi connectivity index (χ2v) is 14.8. The third kappa shape index (κ3) is 5.93. The van der Waals surface area contributed by atoms with Gasteiger partial charge in [0.15, 0.2) is 0 Å². The first kappa shape index (κ1) is 32.0. The molecule has 54 heavy (non-hydrogen) atoms. The molecule has 0 aliphatic carbocycles. The first-order valence-corrected chi connectivity index (χ1v) is 19.2. The predicted molar refractivity (Wildman–Crippen MR) is 233 cm³/mol. The van der Waals surface area contributed by atoms with Crippen LogP contribution in [0.2, 0.25) is 0 Å². The lowest BCUT2D eigenvalue weighted by atomic mass is 9.95. The Hall–Kier alpha value is -6.74. The van der Waals surface area contributed by atoms with Crippen LogP contribution in [-0.4, -0.2) is 0 Å². The van der Waals surface area contributed by atoms with Crippen molar-refractivity contribution in [3.05, 3.63) is 212 Å². The average Bonchev–Trinajstić information content (AvgIpc) is 3.64. The van der Waals surface area contributed by atoms with Crippen LogP contribution < -0.4 is 4.90 Å². The highest BCUT2D eigenvalue weighted by Gasteiger charge is 2.18. The van der Waals surface area contributed by atoms with Crippen LogP contribution >= 0.6 is 11.3 Å². The van der Waals surface area contributed by atoms with E-state index in [4.69, 9.17) is 0 Å². The maximum atomic E-state index is 2.41. The molecule has 1 heterocycles. The number of benzene rings is 9. The molecule has 0 fully saturated rings. The minimum atomic E-state index is 1.12. The van der Waals surface area contributed by atoms with Gasteiger partial charge in [-0.2, -0.15) is 0 Å². The largest absolute Gasteiger partial charge is 0.309 e. The highest BCUT2D eigenvalue weighted by atomic mass is 32.1. The molecule has 0 unspecified atom stereocenters. The summed E-state index contributed by atoms with van der Waals surface area (Å²) in [5, 5.41) is 5.11. The Morgan fingerprint density at radius 3 is 1.44 bits per heavy atom. The molecule has 0 spiro atoms. The van der Waals surface area contributed by atoms with Crippen LogP contribution in [0.3, 0.4) is 0 Å². The zero-order valence-electron chi connectivity index (χ0n) is 29.6. The molecule has 0 radical (unpaired) electrons. The molecular formula is C52H35NS. The van der Waals surface area contributed by atoms with Gasteiger partial charge in [-0.05, 0) is 110 Å². The summed E-state index contributed by atoms with van der Waals surface area (Å²) in [6, 6.07) is 77.1. The summed E-state index contributed by atoms with van der Waals surface area (Å²) in [6.07, 6.45) is 0. The van der Waals surface area contributed by atoms with Crippen molar-refractivity contribution >= 4 is 59.3 Å². The number of fused-ring (bicyclic) bond motifs is 4. The Labute approximate surface area is 319 Å². The van der Waals surface area contributed by atoms with Gasteiger partial charge in [0.05, 0.1) is 10.4 Å². The molecule has 0 amide bonds. The lowest BCUT2D eigenvalue weighted by Crippen LogP contribution is -2.10. The number of hydrogen-bond acceptors (Lipinski definition) is 2. The van der Waals surface area contributed by atoms with Gasteiger partial charge in [-0.3, -0.25) is 0 Å². The molecular weight excluding hydrogens is 671 g/mol. The van der Waals surface area contributed by atoms with Crippen LogP contribution in [0.15, 0.2) is 212 Å². The monoisotopic (exact) mass is 705 g/mol. The van der Waals surface area contributed by atoms with Crippen molar-refractivity contribution < 1.29 is 0 Å². The van der Waals surface area contributed by atoms with Crippen LogP contribution in [0.1, 0.15) is 0 Å². The van der Waals surface area contributed by atoms with Gasteiger partial charge in [0.25, 0.3) is 0 Å². The van der Waals surface area contributed by atoms with E-state index in [2.05, 4.69) is 217 Å². The maximum absolute atomic E-state index is 2.41. The Balaban J connectivity index is 1.02. The smallest absolute Gasteiger partial charge is 0.0640 e. The van der Waals surface area contributed by atoms with E-state index >= 15 is 0 Å². The van der Waals surface area contributed by atoms with Crippen LogP contribution in [0.4, 0.5) is 17.1 Å². The van der Waals surface area contributed by atoms with Crippen molar-refractivity contribution in [1.82, 2.24) is 0 Å². The van der Waals surface area contributed by atoms with Crippen LogP contribution in [0.5, 0.6) is 0 Å². The number of thiophene rings is 1. The minimum Gasteiger partial charge on any atom is -0.309 e. The quantitative estimate of drug-likeness (QED) is 0.160. The van der Waals surface area contributed by atoms with E-state index < -0.39 is 0 Å². The second-order valence-electron chi connectivity index (χ2n) is 13.8. The molecule has 10 aromatic rings. The fourth-order valence-corrected chi connectivity index (χ4v) is 8.90. The molecule has 0 bridgehead atoms. The third-order valence-corrected chi connectivity index (χ3v) is 11.7. The highest BCUT2D eigenvalue weighted by Crippen LogP contribution is 2.45. The highest BCUT2D eigenvalue weighted by molar-refractivity contribution is 7.26. The molecule has 0 aliphatic rings. The average molecular weight is 706 g/mol. The van der Waals surface area contributed by atoms with Crippen molar-refractivity contribution in [2.45, 2.75) is 0 Å². The molecule has 0 N–H and O–H groups in total. The number of anilines is 3. The van der Waals surface area contributed by atoms with E-state index in [-0.39, 0.29) is 0 Å². The summed E-state index contributed by atoms with van der Waals surface area (Å²) in [4.78, 5) is 2.41. The zero-order valence-corrected chi connectivity index (χ0v) is 30.4. The molecule has 0 saturated carbocycles. The summed E-state index contributed by atoms with van der Waals surface area (Å²) in [5.41, 5.74) is 13.1. The fraction of sp³-hybridized carbons (Fsp3) is 0. The van der Waals surface area contributed by atoms with E-state index in [1.165, 1.54) is 81.1 Å². The fourth-order valence-electron chi connectivity index (χ4n) is 7.70. The normalized spacial score (nSPS) is 11.3. The van der Waals surface area contributed by atoms with Crippen molar-refractivity contribution in [3.63, 3.8) is 0 Å². The van der Waals surface area contributed by atoms with Crippen LogP contribution in [0, 0.1) is 0 Å². The molecule has 2 heteroatoms. The van der Waals surface area contributed by atoms with Gasteiger partial charge in [-0.25, -0.2) is 0 Å². The lowest BCUT2D eigenvalue weighted by Gasteiger charge is -2.26. The van der Waals surface area contributed by atoms with E-state index in [9.17, 15) is 0 Å².